The summed E-state index contributed by atoms with van der Waals surface area (Å²) in [5, 5.41) is 55.1. The van der Waals surface area contributed by atoms with Crippen LogP contribution >= 0.6 is 0 Å². The minimum absolute atomic E-state index is 0.0744. The highest BCUT2D eigenvalue weighted by Crippen LogP contribution is 2.71. The van der Waals surface area contributed by atoms with Gasteiger partial charge in [-0.1, -0.05) is 46.5 Å². The average Bonchev–Trinajstić information content (AvgIpc) is 2.79. The van der Waals surface area contributed by atoms with E-state index in [2.05, 4.69) is 0 Å². The van der Waals surface area contributed by atoms with E-state index >= 15 is 0 Å². The number of aliphatic hydroxyl groups is 4. The summed E-state index contributed by atoms with van der Waals surface area (Å²) in [6, 6.07) is 0. The lowest BCUT2D eigenvalue weighted by atomic mass is 9.43. The second kappa shape index (κ2) is 7.16. The summed E-state index contributed by atoms with van der Waals surface area (Å²) in [6.07, 6.45) is 8.03. The Labute approximate surface area is 179 Å². The topological polar surface area (TPSA) is 118 Å². The van der Waals surface area contributed by atoms with Gasteiger partial charge < -0.3 is 25.5 Å². The maximum absolute atomic E-state index is 12.7. The monoisotopic (exact) mass is 424 g/mol. The number of aliphatic carboxylic acids is 1. The highest BCUT2D eigenvalue weighted by molar-refractivity contribution is 5.76. The van der Waals surface area contributed by atoms with Crippen LogP contribution in [-0.2, 0) is 4.79 Å². The van der Waals surface area contributed by atoms with Crippen molar-refractivity contribution in [1.82, 2.24) is 0 Å². The van der Waals surface area contributed by atoms with Crippen molar-refractivity contribution in [3.8, 4) is 0 Å². The van der Waals surface area contributed by atoms with Crippen molar-refractivity contribution < 1.29 is 30.3 Å². The van der Waals surface area contributed by atoms with Crippen LogP contribution in [-0.4, -0.2) is 43.1 Å². The number of carboxylic acid groups (broad SMARTS) is 1. The molecular formula is C24H40O6. The van der Waals surface area contributed by atoms with Crippen molar-refractivity contribution in [3.63, 3.8) is 0 Å². The van der Waals surface area contributed by atoms with Crippen molar-refractivity contribution in [2.75, 3.05) is 0 Å². The highest BCUT2D eigenvalue weighted by Gasteiger charge is 2.78. The van der Waals surface area contributed by atoms with Crippen LogP contribution in [0.25, 0.3) is 0 Å². The van der Waals surface area contributed by atoms with Gasteiger partial charge in [-0.25, -0.2) is 0 Å². The fraction of sp³-hybridized carbons (Fsp3) is 0.958. The van der Waals surface area contributed by atoms with Crippen molar-refractivity contribution in [2.45, 2.75) is 96.6 Å². The molecule has 0 heterocycles. The van der Waals surface area contributed by atoms with E-state index < -0.39 is 40.2 Å². The Balaban J connectivity index is 1.79. The lowest BCUT2D eigenvalue weighted by Gasteiger charge is -2.60. The molecule has 4 saturated carbocycles. The first kappa shape index (κ1) is 22.5. The van der Waals surface area contributed by atoms with Gasteiger partial charge >= 0.3 is 5.97 Å². The van der Waals surface area contributed by atoms with Crippen molar-refractivity contribution in [3.05, 3.63) is 0 Å². The summed E-state index contributed by atoms with van der Waals surface area (Å²) in [7, 11) is 0. The van der Waals surface area contributed by atoms with Gasteiger partial charge in [0, 0.05) is 11.8 Å². The summed E-state index contributed by atoms with van der Waals surface area (Å²) in [6.45, 7) is 6.01. The van der Waals surface area contributed by atoms with Crippen LogP contribution in [0.15, 0.2) is 0 Å². The lowest BCUT2D eigenvalue weighted by Crippen LogP contribution is -2.62. The highest BCUT2D eigenvalue weighted by atomic mass is 16.6. The molecule has 4 aliphatic rings. The third-order valence-electron chi connectivity index (χ3n) is 10.1. The average molecular weight is 425 g/mol. The molecule has 1 unspecified atom stereocenters. The Hall–Kier alpha value is -0.690. The Morgan fingerprint density at radius 3 is 2.33 bits per heavy atom. The Morgan fingerprint density at radius 2 is 1.70 bits per heavy atom. The molecule has 30 heavy (non-hydrogen) atoms. The first-order valence-electron chi connectivity index (χ1n) is 12.1. The van der Waals surface area contributed by atoms with Crippen LogP contribution in [0.1, 0.15) is 85.0 Å². The third kappa shape index (κ3) is 2.66. The van der Waals surface area contributed by atoms with E-state index in [1.807, 2.05) is 20.8 Å². The number of carbonyl (C=O) groups is 1. The molecule has 4 rings (SSSR count). The summed E-state index contributed by atoms with van der Waals surface area (Å²) >= 11 is 0. The normalized spacial score (nSPS) is 47.6. The van der Waals surface area contributed by atoms with Crippen LogP contribution in [0.2, 0.25) is 0 Å². The maximum Gasteiger partial charge on any atom is 0.310 e. The minimum atomic E-state index is -2.64. The zero-order valence-corrected chi connectivity index (χ0v) is 18.7. The van der Waals surface area contributed by atoms with Crippen LogP contribution < -0.4 is 0 Å². The molecule has 0 radical (unpaired) electrons. The number of rotatable bonds is 4. The molecule has 172 valence electrons. The zero-order valence-electron chi connectivity index (χ0n) is 18.7. The number of hydrogen-bond donors (Lipinski definition) is 5. The summed E-state index contributed by atoms with van der Waals surface area (Å²) in [4.78, 5) is 12.7. The zero-order chi connectivity index (χ0) is 22.1. The molecule has 0 saturated heterocycles. The molecule has 0 spiro atoms. The van der Waals surface area contributed by atoms with Gasteiger partial charge in [-0.05, 0) is 67.6 Å². The van der Waals surface area contributed by atoms with E-state index in [0.717, 1.165) is 44.9 Å². The predicted octanol–water partition coefficient (Wildman–Crippen LogP) is 3.12. The lowest BCUT2D eigenvalue weighted by molar-refractivity contribution is -0.374. The first-order valence-corrected chi connectivity index (χ1v) is 12.1. The number of carboxylic acids is 1. The second-order valence-electron chi connectivity index (χ2n) is 11.4. The van der Waals surface area contributed by atoms with Gasteiger partial charge in [0.15, 0.2) is 0 Å². The molecule has 0 aromatic carbocycles. The quantitative estimate of drug-likeness (QED) is 0.443. The number of hydrogen-bond acceptors (Lipinski definition) is 5. The van der Waals surface area contributed by atoms with Gasteiger partial charge in [-0.2, -0.15) is 0 Å². The summed E-state index contributed by atoms with van der Waals surface area (Å²) < 4.78 is 0. The van der Waals surface area contributed by atoms with Crippen LogP contribution in [0.5, 0.6) is 0 Å². The summed E-state index contributed by atoms with van der Waals surface area (Å²) in [5.74, 6) is -7.66. The molecule has 0 aromatic heterocycles. The van der Waals surface area contributed by atoms with Crippen molar-refractivity contribution >= 4 is 5.97 Å². The molecule has 0 amide bonds. The van der Waals surface area contributed by atoms with E-state index in [0.29, 0.717) is 19.3 Å². The van der Waals surface area contributed by atoms with Crippen LogP contribution in [0.3, 0.4) is 0 Å². The van der Waals surface area contributed by atoms with Gasteiger partial charge in [0.25, 0.3) is 0 Å². The largest absolute Gasteiger partial charge is 0.481 e. The summed E-state index contributed by atoms with van der Waals surface area (Å²) in [5.41, 5.74) is -1.46. The molecule has 4 fully saturated rings. The van der Waals surface area contributed by atoms with Gasteiger partial charge in [0.2, 0.25) is 11.6 Å². The fourth-order valence-corrected chi connectivity index (χ4v) is 9.25. The third-order valence-corrected chi connectivity index (χ3v) is 10.1. The minimum Gasteiger partial charge on any atom is -0.481 e. The van der Waals surface area contributed by atoms with Crippen molar-refractivity contribution in [1.29, 1.82) is 0 Å². The van der Waals surface area contributed by atoms with Gasteiger partial charge in [0.1, 0.15) is 0 Å². The van der Waals surface area contributed by atoms with E-state index in [1.165, 1.54) is 0 Å². The standard InChI is InChI=1S/C24H40O6/c1-4-7-14(2)18-21(3)13-11-17-16(19(21)24(29,30)23(18,27)28)10-9-15-8-5-6-12-22(15,17)20(25)26/h14-19,27-30H,4-13H2,1-3H3,(H,25,26)/t14-,15?,16-,17+,18-,19+,21-,22-/m1/s1. The van der Waals surface area contributed by atoms with E-state index in [9.17, 15) is 30.3 Å². The molecule has 5 N–H and O–H groups in total. The second-order valence-corrected chi connectivity index (χ2v) is 11.4. The molecule has 0 bridgehead atoms. The Morgan fingerprint density at radius 1 is 1.00 bits per heavy atom. The molecular weight excluding hydrogens is 384 g/mol. The fourth-order valence-electron chi connectivity index (χ4n) is 9.25. The number of fused-ring (bicyclic) bond motifs is 5. The van der Waals surface area contributed by atoms with Crippen LogP contribution in [0, 0.1) is 46.3 Å². The molecule has 6 nitrogen and oxygen atoms in total. The molecule has 8 atom stereocenters. The van der Waals surface area contributed by atoms with Crippen LogP contribution in [0.4, 0.5) is 0 Å². The van der Waals surface area contributed by atoms with E-state index in [-0.39, 0.29) is 23.7 Å². The Bertz CT molecular complexity index is 689. The van der Waals surface area contributed by atoms with E-state index in [1.54, 1.807) is 0 Å². The molecule has 4 aliphatic carbocycles. The Kier molecular flexibility index (Phi) is 5.37. The molecule has 6 heteroatoms. The van der Waals surface area contributed by atoms with Gasteiger partial charge in [0.05, 0.1) is 5.41 Å². The molecule has 0 aromatic rings. The van der Waals surface area contributed by atoms with E-state index in [4.69, 9.17) is 0 Å². The SMILES string of the molecule is CCC[C@@H](C)[C@H]1C(O)(O)C(O)(O)[C@H]2[C@@H]3CCC4CCCC[C@]4(C(=O)O)[C@H]3CC[C@@]21C. The van der Waals surface area contributed by atoms with Gasteiger partial charge in [-0.15, -0.1) is 0 Å². The van der Waals surface area contributed by atoms with Gasteiger partial charge in [-0.3, -0.25) is 4.79 Å². The van der Waals surface area contributed by atoms with Crippen molar-refractivity contribution in [2.24, 2.45) is 46.3 Å². The predicted molar refractivity (Wildman–Crippen MR) is 111 cm³/mol. The smallest absolute Gasteiger partial charge is 0.310 e. The first-order chi connectivity index (χ1) is 14.0. The maximum atomic E-state index is 12.7. The molecule has 0 aliphatic heterocycles.